The zero-order valence-electron chi connectivity index (χ0n) is 11.2. The number of hydrogen-bond donors (Lipinski definition) is 1. The Morgan fingerprint density at radius 3 is 2.74 bits per heavy atom. The number of anilines is 1. The van der Waals surface area contributed by atoms with Crippen molar-refractivity contribution in [3.05, 3.63) is 29.6 Å². The Morgan fingerprint density at radius 2 is 2.00 bits per heavy atom. The molecule has 2 N–H and O–H groups in total. The topological polar surface area (TPSA) is 69.6 Å². The lowest BCUT2D eigenvalue weighted by atomic mass is 9.88. The highest BCUT2D eigenvalue weighted by Crippen LogP contribution is 2.32. The number of aryl methyl sites for hydroxylation is 1. The van der Waals surface area contributed by atoms with Crippen molar-refractivity contribution in [2.45, 2.75) is 44.9 Å². The van der Waals surface area contributed by atoms with E-state index in [9.17, 15) is 0 Å². The summed E-state index contributed by atoms with van der Waals surface area (Å²) in [5, 5.41) is 12.2. The number of hydrogen-bond acceptors (Lipinski definition) is 4. The molecule has 0 amide bonds. The van der Waals surface area contributed by atoms with E-state index in [1.807, 2.05) is 29.8 Å². The van der Waals surface area contributed by atoms with Gasteiger partial charge in [0.2, 0.25) is 0 Å². The molecule has 0 bridgehead atoms. The fourth-order valence-corrected chi connectivity index (χ4v) is 2.75. The summed E-state index contributed by atoms with van der Waals surface area (Å²) in [6.07, 6.45) is 6.24. The molecule has 0 spiro atoms. The molecule has 1 aromatic carbocycles. The fourth-order valence-electron chi connectivity index (χ4n) is 2.75. The van der Waals surface area contributed by atoms with Crippen LogP contribution in [0.1, 0.15) is 49.4 Å². The largest absolute Gasteiger partial charge is 0.398 e. The summed E-state index contributed by atoms with van der Waals surface area (Å²) in [4.78, 5) is 0. The van der Waals surface area contributed by atoms with Crippen LogP contribution in [0.2, 0.25) is 0 Å². The van der Waals surface area contributed by atoms with E-state index >= 15 is 0 Å². The van der Waals surface area contributed by atoms with E-state index in [1.165, 1.54) is 32.1 Å². The van der Waals surface area contributed by atoms with Gasteiger partial charge in [0.25, 0.3) is 0 Å². The highest BCUT2D eigenvalue weighted by molar-refractivity contribution is 5.53. The molecule has 0 radical (unpaired) electrons. The maximum Gasteiger partial charge on any atom is 0.159 e. The van der Waals surface area contributed by atoms with E-state index in [2.05, 4.69) is 15.5 Å². The molecular formula is C14H19N5. The summed E-state index contributed by atoms with van der Waals surface area (Å²) in [6, 6.07) is 5.98. The molecule has 0 saturated heterocycles. The Hall–Kier alpha value is -1.91. The molecule has 1 aliphatic carbocycles. The number of nitrogen functional groups attached to an aromatic ring is 1. The van der Waals surface area contributed by atoms with Crippen LogP contribution in [-0.4, -0.2) is 20.2 Å². The standard InChI is InChI=1S/C14H19N5/c1-10-7-8-12(9-13(10)15)19-14(16-17-18-19)11-5-3-2-4-6-11/h7-9,11H,2-6,15H2,1H3. The summed E-state index contributed by atoms with van der Waals surface area (Å²) in [6.45, 7) is 2.00. The average molecular weight is 257 g/mol. The molecule has 0 aliphatic heterocycles. The van der Waals surface area contributed by atoms with Gasteiger partial charge in [0.1, 0.15) is 0 Å². The molecule has 1 fully saturated rings. The second-order valence-electron chi connectivity index (χ2n) is 5.32. The van der Waals surface area contributed by atoms with Crippen molar-refractivity contribution < 1.29 is 0 Å². The molecule has 1 saturated carbocycles. The van der Waals surface area contributed by atoms with E-state index < -0.39 is 0 Å². The molecule has 5 nitrogen and oxygen atoms in total. The second kappa shape index (κ2) is 4.99. The minimum Gasteiger partial charge on any atom is -0.398 e. The number of nitrogens with zero attached hydrogens (tertiary/aromatic N) is 4. The second-order valence-corrected chi connectivity index (χ2v) is 5.32. The van der Waals surface area contributed by atoms with Crippen molar-refractivity contribution >= 4 is 5.69 Å². The number of tetrazole rings is 1. The first-order chi connectivity index (χ1) is 9.25. The molecule has 3 rings (SSSR count). The summed E-state index contributed by atoms with van der Waals surface area (Å²) >= 11 is 0. The number of rotatable bonds is 2. The van der Waals surface area contributed by atoms with Gasteiger partial charge in [-0.05, 0) is 47.9 Å². The molecular weight excluding hydrogens is 238 g/mol. The number of benzene rings is 1. The minimum atomic E-state index is 0.478. The number of aromatic nitrogens is 4. The fraction of sp³-hybridized carbons (Fsp3) is 0.500. The Morgan fingerprint density at radius 1 is 1.21 bits per heavy atom. The summed E-state index contributed by atoms with van der Waals surface area (Å²) in [5.74, 6) is 1.45. The molecule has 1 aromatic heterocycles. The summed E-state index contributed by atoms with van der Waals surface area (Å²) in [7, 11) is 0. The van der Waals surface area contributed by atoms with Crippen molar-refractivity contribution in [3.8, 4) is 5.69 Å². The highest BCUT2D eigenvalue weighted by Gasteiger charge is 2.22. The molecule has 100 valence electrons. The zero-order valence-corrected chi connectivity index (χ0v) is 11.2. The van der Waals surface area contributed by atoms with Crippen LogP contribution in [0.25, 0.3) is 5.69 Å². The summed E-state index contributed by atoms with van der Waals surface area (Å²) in [5.41, 5.74) is 8.79. The Bertz CT molecular complexity index is 569. The van der Waals surface area contributed by atoms with Crippen molar-refractivity contribution in [2.24, 2.45) is 0 Å². The van der Waals surface area contributed by atoms with Gasteiger partial charge in [-0.15, -0.1) is 5.10 Å². The van der Waals surface area contributed by atoms with Gasteiger partial charge in [0, 0.05) is 11.6 Å². The van der Waals surface area contributed by atoms with Crippen LogP contribution < -0.4 is 5.73 Å². The average Bonchev–Trinajstić information content (AvgIpc) is 2.92. The van der Waals surface area contributed by atoms with E-state index in [0.29, 0.717) is 5.92 Å². The van der Waals surface area contributed by atoms with Gasteiger partial charge in [0.05, 0.1) is 5.69 Å². The first-order valence-electron chi connectivity index (χ1n) is 6.90. The quantitative estimate of drug-likeness (QED) is 0.839. The Labute approximate surface area is 112 Å². The molecule has 19 heavy (non-hydrogen) atoms. The van der Waals surface area contributed by atoms with Gasteiger partial charge in [-0.2, -0.15) is 4.68 Å². The lowest BCUT2D eigenvalue weighted by Gasteiger charge is -2.20. The van der Waals surface area contributed by atoms with Gasteiger partial charge in [-0.1, -0.05) is 25.3 Å². The highest BCUT2D eigenvalue weighted by atomic mass is 15.5. The minimum absolute atomic E-state index is 0.478. The third kappa shape index (κ3) is 2.32. The van der Waals surface area contributed by atoms with Crippen LogP contribution in [0.3, 0.4) is 0 Å². The van der Waals surface area contributed by atoms with E-state index in [1.54, 1.807) is 0 Å². The molecule has 0 atom stereocenters. The van der Waals surface area contributed by atoms with E-state index in [0.717, 1.165) is 22.8 Å². The normalized spacial score (nSPS) is 16.7. The predicted octanol–water partition coefficient (Wildman–Crippen LogP) is 2.60. The summed E-state index contributed by atoms with van der Waals surface area (Å²) < 4.78 is 1.84. The molecule has 1 aliphatic rings. The van der Waals surface area contributed by atoms with E-state index in [-0.39, 0.29) is 0 Å². The predicted molar refractivity (Wildman–Crippen MR) is 74.1 cm³/mol. The maximum atomic E-state index is 5.97. The van der Waals surface area contributed by atoms with Crippen molar-refractivity contribution in [1.29, 1.82) is 0 Å². The van der Waals surface area contributed by atoms with Gasteiger partial charge < -0.3 is 5.73 Å². The first kappa shape index (κ1) is 12.1. The van der Waals surface area contributed by atoms with Crippen LogP contribution in [0, 0.1) is 6.92 Å². The van der Waals surface area contributed by atoms with E-state index in [4.69, 9.17) is 5.73 Å². The monoisotopic (exact) mass is 257 g/mol. The van der Waals surface area contributed by atoms with Gasteiger partial charge >= 0.3 is 0 Å². The van der Waals surface area contributed by atoms with Crippen LogP contribution in [0.4, 0.5) is 5.69 Å². The lowest BCUT2D eigenvalue weighted by Crippen LogP contribution is -2.12. The van der Waals surface area contributed by atoms with Gasteiger partial charge in [-0.3, -0.25) is 0 Å². The van der Waals surface area contributed by atoms with Crippen molar-refractivity contribution in [3.63, 3.8) is 0 Å². The molecule has 5 heteroatoms. The molecule has 0 unspecified atom stereocenters. The molecule has 2 aromatic rings. The Kier molecular flexibility index (Phi) is 3.19. The van der Waals surface area contributed by atoms with Gasteiger partial charge in [0.15, 0.2) is 5.82 Å². The maximum absolute atomic E-state index is 5.97. The Balaban J connectivity index is 1.96. The van der Waals surface area contributed by atoms with Crippen LogP contribution in [0.5, 0.6) is 0 Å². The van der Waals surface area contributed by atoms with Gasteiger partial charge in [-0.25, -0.2) is 0 Å². The SMILES string of the molecule is Cc1ccc(-n2nnnc2C2CCCCC2)cc1N. The third-order valence-corrected chi connectivity index (χ3v) is 3.97. The van der Waals surface area contributed by atoms with Crippen molar-refractivity contribution in [1.82, 2.24) is 20.2 Å². The van der Waals surface area contributed by atoms with Crippen LogP contribution in [0.15, 0.2) is 18.2 Å². The first-order valence-corrected chi connectivity index (χ1v) is 6.90. The number of nitrogens with two attached hydrogens (primary N) is 1. The lowest BCUT2D eigenvalue weighted by molar-refractivity contribution is 0.422. The van der Waals surface area contributed by atoms with Crippen LogP contribution >= 0.6 is 0 Å². The van der Waals surface area contributed by atoms with Crippen LogP contribution in [-0.2, 0) is 0 Å². The van der Waals surface area contributed by atoms with Crippen molar-refractivity contribution in [2.75, 3.05) is 5.73 Å². The third-order valence-electron chi connectivity index (χ3n) is 3.97. The molecule has 1 heterocycles. The smallest absolute Gasteiger partial charge is 0.159 e. The zero-order chi connectivity index (χ0) is 13.2.